The minimum absolute atomic E-state index is 0.126. The maximum atomic E-state index is 12.2. The van der Waals surface area contributed by atoms with E-state index in [4.69, 9.17) is 4.74 Å². The van der Waals surface area contributed by atoms with Crippen molar-refractivity contribution < 1.29 is 29.3 Å². The molecule has 3 N–H and O–H groups in total. The molecule has 3 rings (SSSR count). The molecule has 9 nitrogen and oxygen atoms in total. The molecule has 0 unspecified atom stereocenters. The van der Waals surface area contributed by atoms with Gasteiger partial charge in [-0.15, -0.1) is 0 Å². The largest absolute Gasteiger partial charge is 0.497 e. The second kappa shape index (κ2) is 9.82. The Hall–Kier alpha value is -4.40. The number of carboxylic acids is 2. The van der Waals surface area contributed by atoms with Crippen LogP contribution in [0.4, 0.5) is 0 Å². The Morgan fingerprint density at radius 2 is 1.61 bits per heavy atom. The van der Waals surface area contributed by atoms with Gasteiger partial charge in [0.25, 0.3) is 0 Å². The lowest BCUT2D eigenvalue weighted by molar-refractivity contribution is -0.120. The summed E-state index contributed by atoms with van der Waals surface area (Å²) in [6, 6.07) is 12.9. The molecule has 1 aromatic heterocycles. The molecule has 0 bridgehead atoms. The summed E-state index contributed by atoms with van der Waals surface area (Å²) in [4.78, 5) is 35.0. The molecule has 2 aromatic carbocycles. The fourth-order valence-corrected chi connectivity index (χ4v) is 3.44. The lowest BCUT2D eigenvalue weighted by Gasteiger charge is -2.12. The Kier molecular flexibility index (Phi) is 6.92. The van der Waals surface area contributed by atoms with Gasteiger partial charge < -0.3 is 19.5 Å². The zero-order valence-corrected chi connectivity index (χ0v) is 18.3. The summed E-state index contributed by atoms with van der Waals surface area (Å²) in [5.74, 6) is -2.02. The monoisotopic (exact) mass is 449 g/mol. The van der Waals surface area contributed by atoms with Crippen LogP contribution in [0.15, 0.2) is 53.6 Å². The number of carbonyl (C=O) groups excluding carboxylic acids is 1. The van der Waals surface area contributed by atoms with Crippen molar-refractivity contribution in [3.63, 3.8) is 0 Å². The molecule has 33 heavy (non-hydrogen) atoms. The Morgan fingerprint density at radius 3 is 2.15 bits per heavy atom. The van der Waals surface area contributed by atoms with E-state index in [1.54, 1.807) is 49.8 Å². The maximum Gasteiger partial charge on any atom is 0.335 e. The Balaban J connectivity index is 1.79. The number of amides is 1. The summed E-state index contributed by atoms with van der Waals surface area (Å²) in [5, 5.41) is 22.7. The number of nitrogens with zero attached hydrogens (tertiary/aromatic N) is 2. The summed E-state index contributed by atoms with van der Waals surface area (Å²) < 4.78 is 6.83. The number of carbonyl (C=O) groups is 3. The van der Waals surface area contributed by atoms with Gasteiger partial charge in [-0.3, -0.25) is 4.79 Å². The molecule has 0 saturated heterocycles. The first-order valence-corrected chi connectivity index (χ1v) is 9.95. The van der Waals surface area contributed by atoms with E-state index in [9.17, 15) is 24.6 Å². The van der Waals surface area contributed by atoms with Crippen molar-refractivity contribution in [3.05, 3.63) is 82.2 Å². The van der Waals surface area contributed by atoms with E-state index in [-0.39, 0.29) is 23.5 Å². The van der Waals surface area contributed by atoms with Crippen LogP contribution in [0.2, 0.25) is 0 Å². The third-order valence-corrected chi connectivity index (χ3v) is 5.06. The summed E-state index contributed by atoms with van der Waals surface area (Å²) in [6.07, 6.45) is 1.64. The second-order valence-corrected chi connectivity index (χ2v) is 7.36. The normalized spacial score (nSPS) is 10.9. The van der Waals surface area contributed by atoms with E-state index in [1.165, 1.54) is 18.3 Å². The van der Waals surface area contributed by atoms with Crippen LogP contribution in [0.25, 0.3) is 5.69 Å². The van der Waals surface area contributed by atoms with Gasteiger partial charge in [0, 0.05) is 22.6 Å². The van der Waals surface area contributed by atoms with Crippen molar-refractivity contribution in [2.24, 2.45) is 5.10 Å². The molecule has 1 amide bonds. The van der Waals surface area contributed by atoms with E-state index < -0.39 is 11.9 Å². The topological polar surface area (TPSA) is 130 Å². The predicted molar refractivity (Wildman–Crippen MR) is 122 cm³/mol. The zero-order valence-electron chi connectivity index (χ0n) is 18.3. The minimum Gasteiger partial charge on any atom is -0.497 e. The van der Waals surface area contributed by atoms with Crippen LogP contribution < -0.4 is 10.2 Å². The number of carboxylic acid groups (broad SMARTS) is 2. The molecule has 0 radical (unpaired) electrons. The number of ether oxygens (including phenoxy) is 1. The number of aromatic nitrogens is 1. The van der Waals surface area contributed by atoms with Crippen molar-refractivity contribution in [2.45, 2.75) is 20.3 Å². The van der Waals surface area contributed by atoms with Crippen LogP contribution >= 0.6 is 0 Å². The van der Waals surface area contributed by atoms with E-state index in [0.717, 1.165) is 17.3 Å². The molecule has 0 fully saturated rings. The van der Waals surface area contributed by atoms with Crippen molar-refractivity contribution in [2.75, 3.05) is 7.11 Å². The first-order chi connectivity index (χ1) is 15.7. The quantitative estimate of drug-likeness (QED) is 0.358. The zero-order chi connectivity index (χ0) is 24.1. The molecule has 0 spiro atoms. The standard InChI is InChI=1S/C24H23N3O6/c1-14-8-19(13-25-26-22(28)9-16-4-6-21(33-3)7-5-16)15(2)27(14)20-11-17(23(29)30)10-18(12-20)24(31)32/h4-8,10-13H,9H2,1-3H3,(H,26,28)(H,29,30)(H,31,32)/b25-13+. The minimum atomic E-state index is -1.22. The summed E-state index contributed by atoms with van der Waals surface area (Å²) in [6.45, 7) is 3.60. The van der Waals surface area contributed by atoms with E-state index in [1.807, 2.05) is 6.07 Å². The van der Waals surface area contributed by atoms with Gasteiger partial charge in [0.15, 0.2) is 0 Å². The number of hydrazone groups is 1. The van der Waals surface area contributed by atoms with Gasteiger partial charge >= 0.3 is 11.9 Å². The number of hydrogen-bond acceptors (Lipinski definition) is 5. The fraction of sp³-hybridized carbons (Fsp3) is 0.167. The Labute approximate surface area is 189 Å². The van der Waals surface area contributed by atoms with Gasteiger partial charge in [-0.05, 0) is 55.8 Å². The SMILES string of the molecule is COc1ccc(CC(=O)N/N=C/c2cc(C)n(-c3cc(C(=O)O)cc(C(=O)O)c3)c2C)cc1. The summed E-state index contributed by atoms with van der Waals surface area (Å²) in [7, 11) is 1.57. The molecular formula is C24H23N3O6. The highest BCUT2D eigenvalue weighted by atomic mass is 16.5. The Morgan fingerprint density at radius 1 is 1.00 bits per heavy atom. The highest BCUT2D eigenvalue weighted by molar-refractivity contribution is 5.95. The number of rotatable bonds is 8. The Bertz CT molecular complexity index is 1210. The number of benzene rings is 2. The smallest absolute Gasteiger partial charge is 0.335 e. The molecule has 0 saturated carbocycles. The van der Waals surface area contributed by atoms with Crippen LogP contribution in [-0.2, 0) is 11.2 Å². The molecule has 0 aliphatic rings. The molecule has 0 aliphatic carbocycles. The van der Waals surface area contributed by atoms with Crippen molar-refractivity contribution in [1.82, 2.24) is 9.99 Å². The lowest BCUT2D eigenvalue weighted by atomic mass is 10.1. The number of hydrogen-bond donors (Lipinski definition) is 3. The molecule has 0 aliphatic heterocycles. The maximum absolute atomic E-state index is 12.2. The van der Waals surface area contributed by atoms with Crippen LogP contribution in [0.1, 0.15) is 43.2 Å². The number of methoxy groups -OCH3 is 1. The third kappa shape index (κ3) is 5.45. The number of aryl methyl sites for hydroxylation is 1. The first-order valence-electron chi connectivity index (χ1n) is 9.95. The summed E-state index contributed by atoms with van der Waals surface area (Å²) in [5.41, 5.74) is 5.60. The molecule has 0 atom stereocenters. The third-order valence-electron chi connectivity index (χ3n) is 5.06. The van der Waals surface area contributed by atoms with Crippen LogP contribution in [-0.4, -0.2) is 46.0 Å². The van der Waals surface area contributed by atoms with Crippen LogP contribution in [0, 0.1) is 13.8 Å². The lowest BCUT2D eigenvalue weighted by Crippen LogP contribution is -2.19. The highest BCUT2D eigenvalue weighted by Gasteiger charge is 2.16. The van der Waals surface area contributed by atoms with Gasteiger partial charge in [0.2, 0.25) is 5.91 Å². The van der Waals surface area contributed by atoms with E-state index in [2.05, 4.69) is 10.5 Å². The average molecular weight is 449 g/mol. The fourth-order valence-electron chi connectivity index (χ4n) is 3.44. The predicted octanol–water partition coefficient (Wildman–Crippen LogP) is 3.19. The van der Waals surface area contributed by atoms with Gasteiger partial charge in [-0.2, -0.15) is 5.10 Å². The van der Waals surface area contributed by atoms with E-state index in [0.29, 0.717) is 22.7 Å². The van der Waals surface area contributed by atoms with Gasteiger partial charge in [0.1, 0.15) is 5.75 Å². The van der Waals surface area contributed by atoms with Crippen molar-refractivity contribution >= 4 is 24.1 Å². The van der Waals surface area contributed by atoms with E-state index >= 15 is 0 Å². The van der Waals surface area contributed by atoms with Crippen molar-refractivity contribution in [3.8, 4) is 11.4 Å². The molecular weight excluding hydrogens is 426 g/mol. The second-order valence-electron chi connectivity index (χ2n) is 7.36. The van der Waals surface area contributed by atoms with Gasteiger partial charge in [0.05, 0.1) is 30.9 Å². The first kappa shape index (κ1) is 23.3. The molecule has 170 valence electrons. The van der Waals surface area contributed by atoms with Crippen LogP contribution in [0.5, 0.6) is 5.75 Å². The van der Waals surface area contributed by atoms with Gasteiger partial charge in [-0.25, -0.2) is 15.0 Å². The number of aromatic carboxylic acids is 2. The van der Waals surface area contributed by atoms with Crippen LogP contribution in [0.3, 0.4) is 0 Å². The molecule has 9 heteroatoms. The number of nitrogens with one attached hydrogen (secondary N) is 1. The summed E-state index contributed by atoms with van der Waals surface area (Å²) >= 11 is 0. The molecule has 3 aromatic rings. The highest BCUT2D eigenvalue weighted by Crippen LogP contribution is 2.22. The average Bonchev–Trinajstić information content (AvgIpc) is 3.06. The van der Waals surface area contributed by atoms with Gasteiger partial charge in [-0.1, -0.05) is 12.1 Å². The molecule has 1 heterocycles. The van der Waals surface area contributed by atoms with Crippen molar-refractivity contribution in [1.29, 1.82) is 0 Å².